The van der Waals surface area contributed by atoms with Crippen LogP contribution in [0.4, 0.5) is 5.69 Å². The quantitative estimate of drug-likeness (QED) is 0.833. The maximum Gasteiger partial charge on any atom is 0.267 e. The Hall–Kier alpha value is -1.88. The molecule has 1 aliphatic rings. The van der Waals surface area contributed by atoms with Gasteiger partial charge in [0.25, 0.3) is 5.91 Å². The molecule has 0 aliphatic carbocycles. The number of carbonyl (C=O) groups excluding carboxylic acids is 2. The Kier molecular flexibility index (Phi) is 4.39. The van der Waals surface area contributed by atoms with E-state index in [1.165, 1.54) is 0 Å². The lowest BCUT2D eigenvalue weighted by molar-refractivity contribution is -0.125. The summed E-state index contributed by atoms with van der Waals surface area (Å²) in [5.74, 6) is 0.482. The second-order valence-corrected chi connectivity index (χ2v) is 4.79. The summed E-state index contributed by atoms with van der Waals surface area (Å²) in [6.45, 7) is 3.93. The molecule has 1 amide bonds. The van der Waals surface area contributed by atoms with Crippen LogP contribution in [-0.4, -0.2) is 36.1 Å². The van der Waals surface area contributed by atoms with E-state index in [9.17, 15) is 9.59 Å². The molecule has 0 bridgehead atoms. The fraction of sp³-hybridized carbons (Fsp3) is 0.467. The summed E-state index contributed by atoms with van der Waals surface area (Å²) in [6, 6.07) is 5.15. The van der Waals surface area contributed by atoms with E-state index in [-0.39, 0.29) is 18.3 Å². The fourth-order valence-corrected chi connectivity index (χ4v) is 2.24. The molecule has 0 saturated carbocycles. The number of nitrogens with zero attached hydrogens (tertiary/aromatic N) is 1. The summed E-state index contributed by atoms with van der Waals surface area (Å²) in [5, 5.41) is 8.95. The van der Waals surface area contributed by atoms with Gasteiger partial charge in [-0.25, -0.2) is 0 Å². The predicted molar refractivity (Wildman–Crippen MR) is 75.2 cm³/mol. The SMILES string of the molecule is CCC(=O)c1ccc2c(c1)N(CCCO)C(=O)C(C)O2. The van der Waals surface area contributed by atoms with E-state index in [1.807, 2.05) is 0 Å². The molecular weight excluding hydrogens is 258 g/mol. The average Bonchev–Trinajstić information content (AvgIpc) is 2.46. The van der Waals surface area contributed by atoms with Crippen molar-refractivity contribution < 1.29 is 19.4 Å². The number of aliphatic hydroxyl groups is 1. The maximum atomic E-state index is 12.2. The largest absolute Gasteiger partial charge is 0.479 e. The number of carbonyl (C=O) groups is 2. The predicted octanol–water partition coefficient (Wildman–Crippen LogP) is 1.78. The van der Waals surface area contributed by atoms with Gasteiger partial charge >= 0.3 is 0 Å². The summed E-state index contributed by atoms with van der Waals surface area (Å²) in [7, 11) is 0. The summed E-state index contributed by atoms with van der Waals surface area (Å²) in [6.07, 6.45) is 0.360. The minimum Gasteiger partial charge on any atom is -0.479 e. The van der Waals surface area contributed by atoms with Crippen molar-refractivity contribution in [3.63, 3.8) is 0 Å². The number of hydrogen-bond acceptors (Lipinski definition) is 4. The minimum absolute atomic E-state index is 0.0158. The Bertz CT molecular complexity index is 527. The fourth-order valence-electron chi connectivity index (χ4n) is 2.24. The summed E-state index contributed by atoms with van der Waals surface area (Å²) >= 11 is 0. The first kappa shape index (κ1) is 14.5. The van der Waals surface area contributed by atoms with Gasteiger partial charge in [0.15, 0.2) is 11.9 Å². The molecule has 1 N–H and O–H groups in total. The Balaban J connectivity index is 2.40. The zero-order chi connectivity index (χ0) is 14.7. The number of amides is 1. The van der Waals surface area contributed by atoms with Crippen molar-refractivity contribution in [2.75, 3.05) is 18.1 Å². The van der Waals surface area contributed by atoms with Gasteiger partial charge in [-0.15, -0.1) is 0 Å². The molecule has 0 spiro atoms. The van der Waals surface area contributed by atoms with Crippen LogP contribution in [0.25, 0.3) is 0 Å². The van der Waals surface area contributed by atoms with Crippen LogP contribution in [0.2, 0.25) is 0 Å². The summed E-state index contributed by atoms with van der Waals surface area (Å²) < 4.78 is 5.56. The van der Waals surface area contributed by atoms with Crippen molar-refractivity contribution >= 4 is 17.4 Å². The van der Waals surface area contributed by atoms with Crippen LogP contribution < -0.4 is 9.64 Å². The molecular formula is C15H19NO4. The van der Waals surface area contributed by atoms with Gasteiger partial charge in [-0.2, -0.15) is 0 Å². The van der Waals surface area contributed by atoms with E-state index >= 15 is 0 Å². The molecule has 5 nitrogen and oxygen atoms in total. The van der Waals surface area contributed by atoms with E-state index in [2.05, 4.69) is 0 Å². The van der Waals surface area contributed by atoms with Crippen molar-refractivity contribution in [1.29, 1.82) is 0 Å². The van der Waals surface area contributed by atoms with Gasteiger partial charge in [0.1, 0.15) is 5.75 Å². The van der Waals surface area contributed by atoms with E-state index < -0.39 is 6.10 Å². The van der Waals surface area contributed by atoms with Gasteiger partial charge in [-0.1, -0.05) is 6.92 Å². The Morgan fingerprint density at radius 2 is 2.20 bits per heavy atom. The number of ether oxygens (including phenoxy) is 1. The third-order valence-electron chi connectivity index (χ3n) is 3.35. The molecule has 0 radical (unpaired) electrons. The first-order valence-electron chi connectivity index (χ1n) is 6.84. The van der Waals surface area contributed by atoms with Crippen molar-refractivity contribution in [1.82, 2.24) is 0 Å². The number of Topliss-reactive ketones (excluding diaryl/α,β-unsaturated/α-hetero) is 1. The normalized spacial score (nSPS) is 17.6. The van der Waals surface area contributed by atoms with Crippen molar-refractivity contribution in [2.24, 2.45) is 0 Å². The van der Waals surface area contributed by atoms with Gasteiger partial charge in [0, 0.05) is 25.1 Å². The molecule has 1 aromatic carbocycles. The van der Waals surface area contributed by atoms with Crippen LogP contribution >= 0.6 is 0 Å². The molecule has 0 fully saturated rings. The standard InChI is InChI=1S/C15H19NO4/c1-3-13(18)11-5-6-14-12(9-11)16(7-4-8-17)15(19)10(2)20-14/h5-6,9-10,17H,3-4,7-8H2,1-2H3. The topological polar surface area (TPSA) is 66.8 Å². The van der Waals surface area contributed by atoms with Crippen LogP contribution in [0.5, 0.6) is 5.75 Å². The second kappa shape index (κ2) is 6.05. The number of aliphatic hydroxyl groups excluding tert-OH is 1. The molecule has 2 rings (SSSR count). The molecule has 1 aliphatic heterocycles. The van der Waals surface area contributed by atoms with Crippen LogP contribution in [0, 0.1) is 0 Å². The molecule has 1 aromatic rings. The Morgan fingerprint density at radius 1 is 1.45 bits per heavy atom. The highest BCUT2D eigenvalue weighted by molar-refractivity contribution is 6.02. The maximum absolute atomic E-state index is 12.2. The van der Waals surface area contributed by atoms with Crippen molar-refractivity contribution in [3.8, 4) is 5.75 Å². The number of fused-ring (bicyclic) bond motifs is 1. The number of benzene rings is 1. The Labute approximate surface area is 118 Å². The molecule has 0 aromatic heterocycles. The summed E-state index contributed by atoms with van der Waals surface area (Å²) in [5.41, 5.74) is 1.19. The average molecular weight is 277 g/mol. The summed E-state index contributed by atoms with van der Waals surface area (Å²) in [4.78, 5) is 25.5. The molecule has 0 saturated heterocycles. The van der Waals surface area contributed by atoms with Crippen LogP contribution in [0.1, 0.15) is 37.0 Å². The molecule has 20 heavy (non-hydrogen) atoms. The molecule has 108 valence electrons. The van der Waals surface area contributed by atoms with Crippen LogP contribution in [-0.2, 0) is 4.79 Å². The number of rotatable bonds is 5. The van der Waals surface area contributed by atoms with Gasteiger partial charge < -0.3 is 14.7 Å². The number of anilines is 1. The monoisotopic (exact) mass is 277 g/mol. The van der Waals surface area contributed by atoms with Gasteiger partial charge in [0.05, 0.1) is 5.69 Å². The number of ketones is 1. The van der Waals surface area contributed by atoms with Crippen molar-refractivity contribution in [2.45, 2.75) is 32.8 Å². The zero-order valence-electron chi connectivity index (χ0n) is 11.8. The molecule has 5 heteroatoms. The van der Waals surface area contributed by atoms with Crippen LogP contribution in [0.15, 0.2) is 18.2 Å². The van der Waals surface area contributed by atoms with E-state index in [0.29, 0.717) is 36.4 Å². The van der Waals surface area contributed by atoms with Gasteiger partial charge in [-0.05, 0) is 31.5 Å². The highest BCUT2D eigenvalue weighted by atomic mass is 16.5. The zero-order valence-corrected chi connectivity index (χ0v) is 11.8. The van der Waals surface area contributed by atoms with E-state index in [1.54, 1.807) is 36.9 Å². The lowest BCUT2D eigenvalue weighted by Gasteiger charge is -2.33. The van der Waals surface area contributed by atoms with Crippen molar-refractivity contribution in [3.05, 3.63) is 23.8 Å². The van der Waals surface area contributed by atoms with E-state index in [4.69, 9.17) is 9.84 Å². The minimum atomic E-state index is -0.547. The molecule has 1 unspecified atom stereocenters. The second-order valence-electron chi connectivity index (χ2n) is 4.79. The highest BCUT2D eigenvalue weighted by Gasteiger charge is 2.31. The smallest absolute Gasteiger partial charge is 0.267 e. The third-order valence-corrected chi connectivity index (χ3v) is 3.35. The van der Waals surface area contributed by atoms with Gasteiger partial charge in [-0.3, -0.25) is 9.59 Å². The van der Waals surface area contributed by atoms with Crippen LogP contribution in [0.3, 0.4) is 0 Å². The van der Waals surface area contributed by atoms with E-state index in [0.717, 1.165) is 0 Å². The number of hydrogen-bond donors (Lipinski definition) is 1. The first-order valence-corrected chi connectivity index (χ1v) is 6.84. The van der Waals surface area contributed by atoms with Gasteiger partial charge in [0.2, 0.25) is 0 Å². The lowest BCUT2D eigenvalue weighted by Crippen LogP contribution is -2.45. The lowest BCUT2D eigenvalue weighted by atomic mass is 10.1. The Morgan fingerprint density at radius 3 is 2.85 bits per heavy atom. The first-order chi connectivity index (χ1) is 9.58. The third kappa shape index (κ3) is 2.67. The highest BCUT2D eigenvalue weighted by Crippen LogP contribution is 2.35. The molecule has 1 atom stereocenters. The molecule has 1 heterocycles.